The molecule has 0 nitrogen and oxygen atoms in total. The van der Waals surface area contributed by atoms with Crippen molar-refractivity contribution in [3.63, 3.8) is 0 Å². The summed E-state index contributed by atoms with van der Waals surface area (Å²) in [5.74, 6) is 6.89. The van der Waals surface area contributed by atoms with Gasteiger partial charge in [-0.1, -0.05) is 69.2 Å². The standard InChI is InChI=1S/C21H40/c1-12-13(2)17(6)20(9,16(12)5)11-21(10)18(7)14(3)15(4)19(21)8/h12-19H,11H2,1-10H3/t12-,13?,14+,15?,16?,17+,18?,19?,20?,21?/m1/s1. The van der Waals surface area contributed by atoms with E-state index in [1.165, 1.54) is 6.42 Å². The Morgan fingerprint density at radius 3 is 0.857 bits per heavy atom. The molecule has 2 rings (SSSR count). The highest BCUT2D eigenvalue weighted by atomic mass is 14.6. The zero-order chi connectivity index (χ0) is 16.3. The molecule has 2 aliphatic carbocycles. The second-order valence-corrected chi connectivity index (χ2v) is 9.78. The maximum absolute atomic E-state index is 2.61. The summed E-state index contributed by atoms with van der Waals surface area (Å²) in [5, 5.41) is 0. The fraction of sp³-hybridized carbons (Fsp3) is 1.00. The van der Waals surface area contributed by atoms with Crippen LogP contribution in [0.4, 0.5) is 0 Å². The van der Waals surface area contributed by atoms with Gasteiger partial charge in [-0.15, -0.1) is 0 Å². The van der Waals surface area contributed by atoms with Crippen molar-refractivity contribution >= 4 is 0 Å². The Kier molecular flexibility index (Phi) is 4.36. The largest absolute Gasteiger partial charge is 0.0620 e. The van der Waals surface area contributed by atoms with Crippen LogP contribution in [0.15, 0.2) is 0 Å². The first kappa shape index (κ1) is 17.4. The molecule has 2 aliphatic rings. The van der Waals surface area contributed by atoms with Crippen molar-refractivity contribution in [2.75, 3.05) is 0 Å². The van der Waals surface area contributed by atoms with Crippen LogP contribution in [0.5, 0.6) is 0 Å². The van der Waals surface area contributed by atoms with Crippen LogP contribution < -0.4 is 0 Å². The van der Waals surface area contributed by atoms with Crippen molar-refractivity contribution in [1.29, 1.82) is 0 Å². The third-order valence-electron chi connectivity index (χ3n) is 9.74. The van der Waals surface area contributed by atoms with Gasteiger partial charge in [0.15, 0.2) is 0 Å². The van der Waals surface area contributed by atoms with Gasteiger partial charge >= 0.3 is 0 Å². The zero-order valence-electron chi connectivity index (χ0n) is 16.3. The van der Waals surface area contributed by atoms with Gasteiger partial charge in [-0.3, -0.25) is 0 Å². The molecule has 7 unspecified atom stereocenters. The van der Waals surface area contributed by atoms with E-state index in [-0.39, 0.29) is 0 Å². The molecule has 0 bridgehead atoms. The van der Waals surface area contributed by atoms with E-state index in [0.717, 1.165) is 47.3 Å². The van der Waals surface area contributed by atoms with Crippen LogP contribution in [-0.4, -0.2) is 0 Å². The predicted octanol–water partition coefficient (Wildman–Crippen LogP) is 6.51. The molecule has 0 aromatic heterocycles. The van der Waals surface area contributed by atoms with Crippen molar-refractivity contribution in [1.82, 2.24) is 0 Å². The van der Waals surface area contributed by atoms with E-state index >= 15 is 0 Å². The number of hydrogen-bond donors (Lipinski definition) is 0. The van der Waals surface area contributed by atoms with E-state index in [9.17, 15) is 0 Å². The Hall–Kier alpha value is 0. The lowest BCUT2D eigenvalue weighted by molar-refractivity contribution is 0.0269. The monoisotopic (exact) mass is 292 g/mol. The van der Waals surface area contributed by atoms with Crippen molar-refractivity contribution in [3.8, 4) is 0 Å². The van der Waals surface area contributed by atoms with E-state index in [4.69, 9.17) is 0 Å². The van der Waals surface area contributed by atoms with Gasteiger partial charge in [0.25, 0.3) is 0 Å². The minimum atomic E-state index is 0.514. The molecular formula is C21H40. The second-order valence-electron chi connectivity index (χ2n) is 9.78. The Morgan fingerprint density at radius 1 is 0.476 bits per heavy atom. The highest BCUT2D eigenvalue weighted by molar-refractivity contribution is 5.06. The molecule has 0 heterocycles. The van der Waals surface area contributed by atoms with E-state index in [1.54, 1.807) is 0 Å². The van der Waals surface area contributed by atoms with Gasteiger partial charge in [0.2, 0.25) is 0 Å². The SMILES string of the molecule is CC1C(C)C(C)(CC2(C)C(C)[C@H](C)C(C)[C@@H]2C)C(C)[C@H]1C. The molecule has 0 aromatic rings. The average Bonchev–Trinajstić information content (AvgIpc) is 2.67. The summed E-state index contributed by atoms with van der Waals surface area (Å²) in [4.78, 5) is 0. The van der Waals surface area contributed by atoms with Crippen molar-refractivity contribution in [2.45, 2.75) is 75.7 Å². The van der Waals surface area contributed by atoms with Crippen LogP contribution in [0.25, 0.3) is 0 Å². The van der Waals surface area contributed by atoms with Gasteiger partial charge in [0, 0.05) is 0 Å². The predicted molar refractivity (Wildman–Crippen MR) is 94.1 cm³/mol. The Morgan fingerprint density at radius 2 is 0.667 bits per heavy atom. The molecule has 2 saturated carbocycles. The van der Waals surface area contributed by atoms with Gasteiger partial charge in [-0.2, -0.15) is 0 Å². The fourth-order valence-electron chi connectivity index (χ4n) is 6.52. The first-order valence-corrected chi connectivity index (χ1v) is 9.48. The summed E-state index contributed by atoms with van der Waals surface area (Å²) in [6.07, 6.45) is 1.42. The molecule has 0 amide bonds. The molecule has 21 heavy (non-hydrogen) atoms. The summed E-state index contributed by atoms with van der Waals surface area (Å²) < 4.78 is 0. The molecule has 0 N–H and O–H groups in total. The van der Waals surface area contributed by atoms with Gasteiger partial charge in [-0.05, 0) is 64.6 Å². The molecule has 0 heteroatoms. The smallest absolute Gasteiger partial charge is 0.0264 e. The topological polar surface area (TPSA) is 0 Å². The third kappa shape index (κ3) is 2.22. The highest BCUT2D eigenvalue weighted by Crippen LogP contribution is 2.64. The maximum Gasteiger partial charge on any atom is -0.0264 e. The first-order valence-electron chi connectivity index (χ1n) is 9.48. The van der Waals surface area contributed by atoms with Crippen molar-refractivity contribution in [3.05, 3.63) is 0 Å². The van der Waals surface area contributed by atoms with Gasteiger partial charge in [0.1, 0.15) is 0 Å². The fourth-order valence-corrected chi connectivity index (χ4v) is 6.52. The summed E-state index contributed by atoms with van der Waals surface area (Å²) >= 11 is 0. The zero-order valence-corrected chi connectivity index (χ0v) is 16.3. The van der Waals surface area contributed by atoms with Crippen LogP contribution >= 0.6 is 0 Å². The molecule has 2 fully saturated rings. The molecule has 0 spiro atoms. The first-order chi connectivity index (χ1) is 9.48. The lowest BCUT2D eigenvalue weighted by atomic mass is 9.59. The lowest BCUT2D eigenvalue weighted by Gasteiger charge is -2.46. The van der Waals surface area contributed by atoms with Crippen LogP contribution in [-0.2, 0) is 0 Å². The summed E-state index contributed by atoms with van der Waals surface area (Å²) in [5.41, 5.74) is 1.03. The van der Waals surface area contributed by atoms with Crippen LogP contribution in [0, 0.1) is 58.2 Å². The molecule has 0 aromatic carbocycles. The normalized spacial score (nSPS) is 61.4. The van der Waals surface area contributed by atoms with Gasteiger partial charge < -0.3 is 0 Å². The summed E-state index contributed by atoms with van der Waals surface area (Å²) in [6.45, 7) is 25.3. The average molecular weight is 293 g/mol. The summed E-state index contributed by atoms with van der Waals surface area (Å²) in [7, 11) is 0. The van der Waals surface area contributed by atoms with E-state index in [1.807, 2.05) is 0 Å². The van der Waals surface area contributed by atoms with Gasteiger partial charge in [0.05, 0.1) is 0 Å². The molecule has 0 aliphatic heterocycles. The Bertz CT molecular complexity index is 317. The second kappa shape index (κ2) is 5.27. The lowest BCUT2D eigenvalue weighted by Crippen LogP contribution is -2.39. The van der Waals surface area contributed by atoms with E-state index in [0.29, 0.717) is 10.8 Å². The molecule has 0 radical (unpaired) electrons. The minimum absolute atomic E-state index is 0.514. The van der Waals surface area contributed by atoms with Crippen molar-refractivity contribution in [2.24, 2.45) is 58.2 Å². The van der Waals surface area contributed by atoms with E-state index in [2.05, 4.69) is 69.2 Å². The van der Waals surface area contributed by atoms with Crippen LogP contribution in [0.2, 0.25) is 0 Å². The minimum Gasteiger partial charge on any atom is -0.0620 e. The Labute approximate surface area is 134 Å². The van der Waals surface area contributed by atoms with Crippen LogP contribution in [0.1, 0.15) is 75.7 Å². The molecule has 124 valence electrons. The van der Waals surface area contributed by atoms with Crippen LogP contribution in [0.3, 0.4) is 0 Å². The molecular weight excluding hydrogens is 252 g/mol. The highest BCUT2D eigenvalue weighted by Gasteiger charge is 2.57. The molecule has 10 atom stereocenters. The summed E-state index contributed by atoms with van der Waals surface area (Å²) in [6, 6.07) is 0. The maximum atomic E-state index is 2.61. The van der Waals surface area contributed by atoms with Crippen molar-refractivity contribution < 1.29 is 0 Å². The third-order valence-corrected chi connectivity index (χ3v) is 9.74. The van der Waals surface area contributed by atoms with E-state index < -0.39 is 0 Å². The Balaban J connectivity index is 2.32. The number of hydrogen-bond acceptors (Lipinski definition) is 0. The quantitative estimate of drug-likeness (QED) is 0.544. The number of rotatable bonds is 2. The molecule has 0 saturated heterocycles. The van der Waals surface area contributed by atoms with Gasteiger partial charge in [-0.25, -0.2) is 0 Å².